The number of carboxylic acids is 4. The summed E-state index contributed by atoms with van der Waals surface area (Å²) >= 11 is 20.3. The van der Waals surface area contributed by atoms with Gasteiger partial charge in [-0.1, -0.05) is 182 Å². The van der Waals surface area contributed by atoms with E-state index in [1.807, 2.05) is 221 Å². The largest absolute Gasteiger partial charge is 0.494 e. The van der Waals surface area contributed by atoms with Crippen LogP contribution in [0.3, 0.4) is 0 Å². The number of carbonyl (C=O) groups excluding carboxylic acids is 3. The van der Waals surface area contributed by atoms with Crippen LogP contribution in [0.5, 0.6) is 17.2 Å². The Morgan fingerprint density at radius 3 is 0.884 bits per heavy atom. The molecule has 0 radical (unpaired) electrons. The Morgan fingerprint density at radius 1 is 0.384 bits per heavy atom. The molecule has 29 heteroatoms. The van der Waals surface area contributed by atoms with Crippen LogP contribution in [0.1, 0.15) is 121 Å². The van der Waals surface area contributed by atoms with Crippen molar-refractivity contribution in [2.75, 3.05) is 39.5 Å². The van der Waals surface area contributed by atoms with E-state index in [2.05, 4.69) is 0 Å². The van der Waals surface area contributed by atoms with Gasteiger partial charge >= 0.3 is 17.9 Å². The molecule has 3 saturated heterocycles. The van der Waals surface area contributed by atoms with E-state index >= 15 is 0 Å². The Balaban J connectivity index is 0.000000188. The van der Waals surface area contributed by atoms with Crippen LogP contribution in [0.15, 0.2) is 197 Å². The van der Waals surface area contributed by atoms with Crippen LogP contribution in [-0.4, -0.2) is 158 Å². The molecule has 0 bridgehead atoms. The monoisotopic (exact) mass is 1620 g/mol. The molecule has 3 fully saturated rings. The molecule has 3 aliphatic heterocycles. The average molecular weight is 1630 g/mol. The van der Waals surface area contributed by atoms with Gasteiger partial charge in [-0.15, -0.1) is 0 Å². The molecule has 582 valence electrons. The molecule has 112 heavy (non-hydrogen) atoms. The first-order chi connectivity index (χ1) is 54.1. The van der Waals surface area contributed by atoms with Gasteiger partial charge in [0.1, 0.15) is 47.3 Å². The summed E-state index contributed by atoms with van der Waals surface area (Å²) < 4.78 is 24.0. The van der Waals surface area contributed by atoms with Crippen molar-refractivity contribution in [3.8, 4) is 68.1 Å². The predicted octanol–water partition coefficient (Wildman–Crippen LogP) is 17.4. The molecule has 3 amide bonds. The van der Waals surface area contributed by atoms with E-state index in [1.54, 1.807) is 28.7 Å². The SMILES string of the molecule is CC(=O)O.CCOc1cccc(-c2nn(-c3ccccc3)cc2/C=C2\SC(=S)N(CCCCCC(=O)O)C2=O)c1.CCOc1cccc(-c2nn(-c3ccccc3)cc2/C=C2\SC(=S)N(CCCCCC(=O)O)C2=O)c1.CCOc1cccc(-c2nn(-c3ccccc3)cc2/C=C2\SC(=S)N(CCCCCC(=O)O)C2=O)c1. The Bertz CT molecular complexity index is 4450. The van der Waals surface area contributed by atoms with Crippen LogP contribution in [-0.2, 0) is 33.6 Å². The summed E-state index contributed by atoms with van der Waals surface area (Å²) in [5.74, 6) is -1.39. The number of unbranched alkanes of at least 4 members (excludes halogenated alkanes) is 6. The highest BCUT2D eigenvalue weighted by Gasteiger charge is 2.35. The summed E-state index contributed by atoms with van der Waals surface area (Å²) in [5, 5.41) is 48.3. The van der Waals surface area contributed by atoms with Gasteiger partial charge in [0.15, 0.2) is 0 Å². The van der Waals surface area contributed by atoms with Gasteiger partial charge in [0, 0.05) is 97.8 Å². The highest BCUT2D eigenvalue weighted by molar-refractivity contribution is 8.27. The van der Waals surface area contributed by atoms with Crippen molar-refractivity contribution < 1.29 is 68.2 Å². The second-order valence-electron chi connectivity index (χ2n) is 25.2. The molecule has 0 aliphatic carbocycles. The van der Waals surface area contributed by atoms with Crippen molar-refractivity contribution in [3.05, 3.63) is 214 Å². The van der Waals surface area contributed by atoms with Crippen molar-refractivity contribution >= 4 is 145 Å². The lowest BCUT2D eigenvalue weighted by atomic mass is 10.1. The molecule has 0 atom stereocenters. The third kappa shape index (κ3) is 24.8. The lowest BCUT2D eigenvalue weighted by molar-refractivity contribution is -0.138. The fourth-order valence-corrected chi connectivity index (χ4v) is 15.6. The Labute approximate surface area is 678 Å². The van der Waals surface area contributed by atoms with Gasteiger partial charge < -0.3 is 34.6 Å². The minimum atomic E-state index is -0.833. The average Bonchev–Trinajstić information content (AvgIpc) is 1.66. The first kappa shape index (κ1) is 85.2. The molecule has 0 unspecified atom stereocenters. The number of rotatable bonds is 33. The Hall–Kier alpha value is -10.8. The number of para-hydroxylation sites is 3. The molecule has 6 aromatic carbocycles. The first-order valence-electron chi connectivity index (χ1n) is 36.4. The van der Waals surface area contributed by atoms with Crippen LogP contribution in [0, 0.1) is 0 Å². The topological polar surface area (TPSA) is 291 Å². The molecule has 23 nitrogen and oxygen atoms in total. The molecule has 4 N–H and O–H groups in total. The van der Waals surface area contributed by atoms with Crippen LogP contribution in [0.2, 0.25) is 0 Å². The third-order valence-electron chi connectivity index (χ3n) is 16.8. The number of carboxylic acid groups (broad SMARTS) is 4. The number of benzene rings is 6. The van der Waals surface area contributed by atoms with Gasteiger partial charge in [-0.25, -0.2) is 14.0 Å². The Kier molecular flexibility index (Phi) is 32.8. The zero-order valence-electron chi connectivity index (χ0n) is 62.1. The molecule has 6 heterocycles. The fraction of sp³-hybridized carbons (Fsp3) is 0.265. The molecule has 12 rings (SSSR count). The highest BCUT2D eigenvalue weighted by Crippen LogP contribution is 2.40. The number of nitrogens with zero attached hydrogens (tertiary/aromatic N) is 9. The molecular weight excluding hydrogens is 1540 g/mol. The normalized spacial score (nSPS) is 14.3. The molecule has 3 aromatic heterocycles. The molecular formula is C83H85N9O14S6. The summed E-state index contributed by atoms with van der Waals surface area (Å²) in [4.78, 5) is 87.0. The number of thioether (sulfide) groups is 3. The van der Waals surface area contributed by atoms with Gasteiger partial charge in [-0.2, -0.15) is 15.3 Å². The van der Waals surface area contributed by atoms with Gasteiger partial charge in [-0.05, 0) is 150 Å². The van der Waals surface area contributed by atoms with E-state index in [4.69, 9.17) is 91.4 Å². The summed E-state index contributed by atoms with van der Waals surface area (Å²) in [7, 11) is 0. The highest BCUT2D eigenvalue weighted by atomic mass is 32.2. The van der Waals surface area contributed by atoms with Crippen LogP contribution in [0.25, 0.3) is 69.1 Å². The summed E-state index contributed by atoms with van der Waals surface area (Å²) in [6.07, 6.45) is 17.7. The van der Waals surface area contributed by atoms with Crippen molar-refractivity contribution in [3.63, 3.8) is 0 Å². The number of hydrogen-bond donors (Lipinski definition) is 4. The fourth-order valence-electron chi connectivity index (χ4n) is 11.7. The Morgan fingerprint density at radius 2 is 0.643 bits per heavy atom. The molecule has 9 aromatic rings. The number of aromatic nitrogens is 6. The maximum absolute atomic E-state index is 13.2. The maximum Gasteiger partial charge on any atom is 0.303 e. The van der Waals surface area contributed by atoms with Crippen LogP contribution in [0.4, 0.5) is 0 Å². The van der Waals surface area contributed by atoms with E-state index in [0.29, 0.717) is 106 Å². The molecule has 0 spiro atoms. The number of amides is 3. The van der Waals surface area contributed by atoms with E-state index in [0.717, 1.165) is 111 Å². The minimum Gasteiger partial charge on any atom is -0.494 e. The molecule has 0 saturated carbocycles. The smallest absolute Gasteiger partial charge is 0.303 e. The number of aliphatic carboxylic acids is 4. The van der Waals surface area contributed by atoms with Crippen molar-refractivity contribution in [2.45, 2.75) is 105 Å². The summed E-state index contributed by atoms with van der Waals surface area (Å²) in [6, 6.07) is 52.7. The number of carbonyl (C=O) groups is 7. The maximum atomic E-state index is 13.2. The van der Waals surface area contributed by atoms with E-state index in [-0.39, 0.29) is 37.0 Å². The number of hydrogen-bond acceptors (Lipinski definition) is 19. The zero-order chi connectivity index (χ0) is 80.1. The third-order valence-corrected chi connectivity index (χ3v) is 21.0. The van der Waals surface area contributed by atoms with Crippen molar-refractivity contribution in [2.24, 2.45) is 0 Å². The quantitative estimate of drug-likeness (QED) is 0.0169. The van der Waals surface area contributed by atoms with Crippen molar-refractivity contribution in [1.29, 1.82) is 0 Å². The van der Waals surface area contributed by atoms with Crippen LogP contribution < -0.4 is 14.2 Å². The van der Waals surface area contributed by atoms with Gasteiger partial charge in [0.05, 0.1) is 51.6 Å². The predicted molar refractivity (Wildman–Crippen MR) is 452 cm³/mol. The second-order valence-corrected chi connectivity index (χ2v) is 30.2. The van der Waals surface area contributed by atoms with Crippen LogP contribution >= 0.6 is 71.9 Å². The van der Waals surface area contributed by atoms with Gasteiger partial charge in [0.25, 0.3) is 23.7 Å². The molecule has 3 aliphatic rings. The lowest BCUT2D eigenvalue weighted by Gasteiger charge is -2.13. The minimum absolute atomic E-state index is 0.135. The standard InChI is InChI=1S/3C27H27N3O4S2.C2H4O2/c3*1-2-34-22-13-9-10-19(16-22)25-20(18-30(28-25)21-11-5-3-6-12-21)17-23-26(33)29(27(35)36-23)15-8-4-7-14-24(31)32;1-2(3)4/h3*3,5-6,9-13,16-18H,2,4,7-8,14-15H2,1H3,(H,31,32);1H3,(H,3,4)/b3*23-17-;. The summed E-state index contributed by atoms with van der Waals surface area (Å²) in [6.45, 7) is 10.0. The lowest BCUT2D eigenvalue weighted by Crippen LogP contribution is -2.29. The number of ether oxygens (including phenoxy) is 3. The first-order valence-corrected chi connectivity index (χ1v) is 40.0. The van der Waals surface area contributed by atoms with E-state index in [1.165, 1.54) is 35.3 Å². The second kappa shape index (κ2) is 43.1. The zero-order valence-corrected chi connectivity index (χ0v) is 67.0. The van der Waals surface area contributed by atoms with Gasteiger partial charge in [0.2, 0.25) is 0 Å². The summed E-state index contributed by atoms with van der Waals surface area (Å²) in [5.41, 5.74) is 9.99. The number of thiocarbonyl (C=S) groups is 3. The van der Waals surface area contributed by atoms with Gasteiger partial charge in [-0.3, -0.25) is 48.3 Å². The van der Waals surface area contributed by atoms with E-state index in [9.17, 15) is 28.8 Å². The van der Waals surface area contributed by atoms with Crippen molar-refractivity contribution in [1.82, 2.24) is 44.0 Å². The van der Waals surface area contributed by atoms with E-state index < -0.39 is 23.9 Å².